The van der Waals surface area contributed by atoms with Crippen LogP contribution in [-0.4, -0.2) is 32.8 Å². The molecule has 0 saturated carbocycles. The third-order valence-electron chi connectivity index (χ3n) is 3.84. The van der Waals surface area contributed by atoms with Crippen LogP contribution in [-0.2, 0) is 17.6 Å². The van der Waals surface area contributed by atoms with Gasteiger partial charge in [0.2, 0.25) is 5.91 Å². The molecule has 0 saturated heterocycles. The predicted molar refractivity (Wildman–Crippen MR) is 102 cm³/mol. The van der Waals surface area contributed by atoms with Gasteiger partial charge in [-0.25, -0.2) is 0 Å². The van der Waals surface area contributed by atoms with Gasteiger partial charge in [0.1, 0.15) is 5.75 Å². The van der Waals surface area contributed by atoms with Crippen LogP contribution in [0.5, 0.6) is 17.2 Å². The van der Waals surface area contributed by atoms with E-state index in [1.807, 2.05) is 56.3 Å². The molecule has 2 aromatic carbocycles. The summed E-state index contributed by atoms with van der Waals surface area (Å²) in [5, 5.41) is 2.96. The van der Waals surface area contributed by atoms with Gasteiger partial charge in [0.15, 0.2) is 11.5 Å². The molecule has 0 aliphatic carbocycles. The zero-order valence-electron chi connectivity index (χ0n) is 15.7. The largest absolute Gasteiger partial charge is 0.497 e. The van der Waals surface area contributed by atoms with E-state index < -0.39 is 0 Å². The minimum Gasteiger partial charge on any atom is -0.497 e. The zero-order valence-corrected chi connectivity index (χ0v) is 15.7. The number of nitrogens with one attached hydrogen (secondary N) is 1. The second-order valence-corrected chi connectivity index (χ2v) is 5.78. The van der Waals surface area contributed by atoms with Gasteiger partial charge in [-0.05, 0) is 55.7 Å². The van der Waals surface area contributed by atoms with Crippen molar-refractivity contribution in [2.75, 3.05) is 26.9 Å². The summed E-state index contributed by atoms with van der Waals surface area (Å²) in [7, 11) is 1.62. The zero-order chi connectivity index (χ0) is 18.8. The van der Waals surface area contributed by atoms with Gasteiger partial charge in [0.25, 0.3) is 0 Å². The first-order valence-electron chi connectivity index (χ1n) is 8.94. The van der Waals surface area contributed by atoms with Gasteiger partial charge in [-0.2, -0.15) is 0 Å². The quantitative estimate of drug-likeness (QED) is 0.708. The molecule has 140 valence electrons. The normalized spacial score (nSPS) is 10.3. The van der Waals surface area contributed by atoms with Crippen molar-refractivity contribution >= 4 is 5.91 Å². The summed E-state index contributed by atoms with van der Waals surface area (Å²) >= 11 is 0. The lowest BCUT2D eigenvalue weighted by Crippen LogP contribution is -2.27. The molecule has 2 rings (SSSR count). The highest BCUT2D eigenvalue weighted by Crippen LogP contribution is 2.28. The monoisotopic (exact) mass is 357 g/mol. The van der Waals surface area contributed by atoms with Crippen LogP contribution >= 0.6 is 0 Å². The van der Waals surface area contributed by atoms with Gasteiger partial charge in [0.05, 0.1) is 26.7 Å². The Kier molecular flexibility index (Phi) is 7.80. The maximum atomic E-state index is 12.1. The van der Waals surface area contributed by atoms with Crippen molar-refractivity contribution in [1.29, 1.82) is 0 Å². The minimum absolute atomic E-state index is 0.00535. The first-order valence-corrected chi connectivity index (χ1v) is 8.94. The molecule has 0 atom stereocenters. The number of hydrogen-bond donors (Lipinski definition) is 1. The van der Waals surface area contributed by atoms with Crippen LogP contribution in [0.4, 0.5) is 0 Å². The molecule has 0 aromatic heterocycles. The summed E-state index contributed by atoms with van der Waals surface area (Å²) in [6.07, 6.45) is 1.07. The second-order valence-electron chi connectivity index (χ2n) is 5.78. The van der Waals surface area contributed by atoms with E-state index in [-0.39, 0.29) is 5.91 Å². The number of ether oxygens (including phenoxy) is 3. The van der Waals surface area contributed by atoms with Gasteiger partial charge < -0.3 is 19.5 Å². The van der Waals surface area contributed by atoms with Crippen molar-refractivity contribution in [3.05, 3.63) is 53.6 Å². The summed E-state index contributed by atoms with van der Waals surface area (Å²) < 4.78 is 16.4. The molecular weight excluding hydrogens is 330 g/mol. The van der Waals surface area contributed by atoms with Crippen LogP contribution in [0.15, 0.2) is 42.5 Å². The molecule has 0 aliphatic heterocycles. The van der Waals surface area contributed by atoms with Gasteiger partial charge in [-0.1, -0.05) is 18.2 Å². The molecule has 0 unspecified atom stereocenters. The molecule has 1 N–H and O–H groups in total. The highest BCUT2D eigenvalue weighted by Gasteiger charge is 2.08. The molecule has 26 heavy (non-hydrogen) atoms. The Balaban J connectivity index is 1.86. The van der Waals surface area contributed by atoms with Gasteiger partial charge in [-0.3, -0.25) is 4.79 Å². The average Bonchev–Trinajstić information content (AvgIpc) is 2.64. The molecule has 5 heteroatoms. The Labute approximate surface area is 155 Å². The molecular formula is C21H27NO4. The van der Waals surface area contributed by atoms with Crippen molar-refractivity contribution in [2.45, 2.75) is 26.7 Å². The van der Waals surface area contributed by atoms with Crippen molar-refractivity contribution in [2.24, 2.45) is 0 Å². The summed E-state index contributed by atoms with van der Waals surface area (Å²) in [5.74, 6) is 2.25. The van der Waals surface area contributed by atoms with Gasteiger partial charge >= 0.3 is 0 Å². The highest BCUT2D eigenvalue weighted by molar-refractivity contribution is 5.78. The van der Waals surface area contributed by atoms with Crippen LogP contribution in [0.1, 0.15) is 25.0 Å². The predicted octanol–water partition coefficient (Wildman–Crippen LogP) is 3.39. The number of hydrogen-bond acceptors (Lipinski definition) is 4. The standard InChI is InChI=1S/C21H27NO4/c1-4-25-19-10-9-16(14-20(19)26-5-2)11-12-22-21(23)15-17-7-6-8-18(13-17)24-3/h6-10,13-14H,4-5,11-12,15H2,1-3H3,(H,22,23). The molecule has 0 spiro atoms. The minimum atomic E-state index is -0.00535. The summed E-state index contributed by atoms with van der Waals surface area (Å²) in [6.45, 7) is 5.64. The van der Waals surface area contributed by atoms with E-state index in [4.69, 9.17) is 14.2 Å². The van der Waals surface area contributed by atoms with Crippen LogP contribution in [0, 0.1) is 0 Å². The Bertz CT molecular complexity index is 715. The smallest absolute Gasteiger partial charge is 0.224 e. The summed E-state index contributed by atoms with van der Waals surface area (Å²) in [6, 6.07) is 13.4. The number of carbonyl (C=O) groups excluding carboxylic acids is 1. The summed E-state index contributed by atoms with van der Waals surface area (Å²) in [4.78, 5) is 12.1. The Morgan fingerprint density at radius 1 is 0.962 bits per heavy atom. The van der Waals surface area contributed by atoms with E-state index >= 15 is 0 Å². The number of carbonyl (C=O) groups is 1. The average molecular weight is 357 g/mol. The maximum absolute atomic E-state index is 12.1. The fourth-order valence-electron chi connectivity index (χ4n) is 2.63. The van der Waals surface area contributed by atoms with Crippen molar-refractivity contribution < 1.29 is 19.0 Å². The maximum Gasteiger partial charge on any atom is 0.224 e. The SMILES string of the molecule is CCOc1ccc(CCNC(=O)Cc2cccc(OC)c2)cc1OCC. The molecule has 0 radical (unpaired) electrons. The van der Waals surface area contributed by atoms with Crippen molar-refractivity contribution in [1.82, 2.24) is 5.32 Å². The van der Waals surface area contributed by atoms with Crippen LogP contribution in [0.2, 0.25) is 0 Å². The van der Waals surface area contributed by atoms with E-state index in [0.717, 1.165) is 34.8 Å². The number of amides is 1. The molecule has 0 aliphatic rings. The molecule has 0 bridgehead atoms. The molecule has 0 fully saturated rings. The van der Waals surface area contributed by atoms with Crippen LogP contribution < -0.4 is 19.5 Å². The number of methoxy groups -OCH3 is 1. The number of benzene rings is 2. The third-order valence-corrected chi connectivity index (χ3v) is 3.84. The topological polar surface area (TPSA) is 56.8 Å². The van der Waals surface area contributed by atoms with E-state index in [1.165, 1.54) is 0 Å². The van der Waals surface area contributed by atoms with Crippen LogP contribution in [0.3, 0.4) is 0 Å². The molecule has 1 amide bonds. The highest BCUT2D eigenvalue weighted by atomic mass is 16.5. The van der Waals surface area contributed by atoms with E-state index in [0.29, 0.717) is 26.2 Å². The van der Waals surface area contributed by atoms with E-state index in [9.17, 15) is 4.79 Å². The third kappa shape index (κ3) is 5.99. The lowest BCUT2D eigenvalue weighted by molar-refractivity contribution is -0.120. The van der Waals surface area contributed by atoms with Gasteiger partial charge in [0, 0.05) is 6.54 Å². The lowest BCUT2D eigenvalue weighted by atomic mass is 10.1. The van der Waals surface area contributed by atoms with E-state index in [2.05, 4.69) is 5.32 Å². The molecule has 0 heterocycles. The summed E-state index contributed by atoms with van der Waals surface area (Å²) in [5.41, 5.74) is 2.03. The van der Waals surface area contributed by atoms with Gasteiger partial charge in [-0.15, -0.1) is 0 Å². The lowest BCUT2D eigenvalue weighted by Gasteiger charge is -2.12. The Morgan fingerprint density at radius 2 is 1.73 bits per heavy atom. The second kappa shape index (κ2) is 10.3. The van der Waals surface area contributed by atoms with Crippen molar-refractivity contribution in [3.63, 3.8) is 0 Å². The van der Waals surface area contributed by atoms with E-state index in [1.54, 1.807) is 7.11 Å². The molecule has 5 nitrogen and oxygen atoms in total. The van der Waals surface area contributed by atoms with Crippen molar-refractivity contribution in [3.8, 4) is 17.2 Å². The fraction of sp³-hybridized carbons (Fsp3) is 0.381. The Morgan fingerprint density at radius 3 is 2.46 bits per heavy atom. The number of rotatable bonds is 10. The van der Waals surface area contributed by atoms with Crippen LogP contribution in [0.25, 0.3) is 0 Å². The first-order chi connectivity index (χ1) is 12.7. The Hall–Kier alpha value is -2.69. The first kappa shape index (κ1) is 19.6. The molecule has 2 aromatic rings. The fourth-order valence-corrected chi connectivity index (χ4v) is 2.63.